The van der Waals surface area contributed by atoms with Gasteiger partial charge < -0.3 is 24.4 Å². The van der Waals surface area contributed by atoms with Gasteiger partial charge in [-0.2, -0.15) is 4.98 Å². The molecule has 10 heteroatoms. The normalized spacial score (nSPS) is 10.7. The molecule has 0 saturated heterocycles. The Balaban J connectivity index is 1.42. The minimum absolute atomic E-state index is 0.145. The Labute approximate surface area is 205 Å². The first-order chi connectivity index (χ1) is 16.4. The Hall–Kier alpha value is -3.75. The predicted molar refractivity (Wildman–Crippen MR) is 126 cm³/mol. The summed E-state index contributed by atoms with van der Waals surface area (Å²) in [5, 5.41) is 16.4. The quantitative estimate of drug-likeness (QED) is 0.340. The second-order valence-electron chi connectivity index (χ2n) is 7.18. The SMILES string of the molecule is COc1ccc(COc2c(Cl)cc(-c3noc(C(=O)NCc4ccc(O)cc4)n3)cc2Cl)cc1. The van der Waals surface area contributed by atoms with Crippen LogP contribution in [0.2, 0.25) is 10.0 Å². The van der Waals surface area contributed by atoms with Gasteiger partial charge >= 0.3 is 11.8 Å². The number of ether oxygens (including phenoxy) is 2. The summed E-state index contributed by atoms with van der Waals surface area (Å²) in [5.74, 6) is 0.617. The van der Waals surface area contributed by atoms with Crippen molar-refractivity contribution < 1.29 is 23.9 Å². The average Bonchev–Trinajstić information content (AvgIpc) is 3.34. The molecular weight excluding hydrogens is 481 g/mol. The lowest BCUT2D eigenvalue weighted by atomic mass is 10.2. The molecule has 0 spiro atoms. The van der Waals surface area contributed by atoms with Crippen LogP contribution in [0.4, 0.5) is 0 Å². The largest absolute Gasteiger partial charge is 0.508 e. The monoisotopic (exact) mass is 499 g/mol. The molecule has 34 heavy (non-hydrogen) atoms. The lowest BCUT2D eigenvalue weighted by Gasteiger charge is -2.11. The Morgan fingerprint density at radius 2 is 1.68 bits per heavy atom. The van der Waals surface area contributed by atoms with Crippen LogP contribution in [0.5, 0.6) is 17.2 Å². The van der Waals surface area contributed by atoms with E-state index in [1.165, 1.54) is 12.1 Å². The molecule has 2 N–H and O–H groups in total. The Bertz CT molecular complexity index is 1270. The van der Waals surface area contributed by atoms with Gasteiger partial charge in [0.15, 0.2) is 5.75 Å². The van der Waals surface area contributed by atoms with Gasteiger partial charge in [0.25, 0.3) is 0 Å². The highest BCUT2D eigenvalue weighted by Gasteiger charge is 2.18. The van der Waals surface area contributed by atoms with Crippen molar-refractivity contribution in [3.8, 4) is 28.6 Å². The van der Waals surface area contributed by atoms with Gasteiger partial charge in [0.1, 0.15) is 18.1 Å². The summed E-state index contributed by atoms with van der Waals surface area (Å²) in [4.78, 5) is 16.5. The second kappa shape index (κ2) is 10.5. The molecule has 1 amide bonds. The van der Waals surface area contributed by atoms with Crippen molar-refractivity contribution in [2.45, 2.75) is 13.2 Å². The van der Waals surface area contributed by atoms with E-state index in [0.717, 1.165) is 16.9 Å². The van der Waals surface area contributed by atoms with Gasteiger partial charge in [-0.05, 0) is 47.5 Å². The number of carbonyl (C=O) groups is 1. The van der Waals surface area contributed by atoms with Gasteiger partial charge in [-0.3, -0.25) is 4.79 Å². The number of phenolic OH excluding ortho intramolecular Hbond substituents is 1. The summed E-state index contributed by atoms with van der Waals surface area (Å²) in [7, 11) is 1.60. The van der Waals surface area contributed by atoms with Crippen molar-refractivity contribution in [2.24, 2.45) is 0 Å². The van der Waals surface area contributed by atoms with Crippen molar-refractivity contribution in [1.29, 1.82) is 0 Å². The summed E-state index contributed by atoms with van der Waals surface area (Å²) in [6.07, 6.45) is 0. The maximum absolute atomic E-state index is 12.3. The van der Waals surface area contributed by atoms with Gasteiger partial charge in [-0.15, -0.1) is 0 Å². The van der Waals surface area contributed by atoms with E-state index >= 15 is 0 Å². The van der Waals surface area contributed by atoms with E-state index in [9.17, 15) is 9.90 Å². The van der Waals surface area contributed by atoms with Gasteiger partial charge in [0, 0.05) is 12.1 Å². The Morgan fingerprint density at radius 3 is 2.32 bits per heavy atom. The van der Waals surface area contributed by atoms with Crippen LogP contribution < -0.4 is 14.8 Å². The van der Waals surface area contributed by atoms with Gasteiger partial charge in [-0.25, -0.2) is 0 Å². The van der Waals surface area contributed by atoms with Crippen molar-refractivity contribution >= 4 is 29.1 Å². The number of benzene rings is 3. The second-order valence-corrected chi connectivity index (χ2v) is 7.99. The molecular formula is C24H19Cl2N3O5. The average molecular weight is 500 g/mol. The van der Waals surface area contributed by atoms with Gasteiger partial charge in [0.2, 0.25) is 5.82 Å². The van der Waals surface area contributed by atoms with Gasteiger partial charge in [0.05, 0.1) is 17.2 Å². The molecule has 0 atom stereocenters. The number of aromatic hydroxyl groups is 1. The molecule has 0 bridgehead atoms. The molecule has 3 aromatic carbocycles. The maximum atomic E-state index is 12.3. The zero-order valence-electron chi connectivity index (χ0n) is 17.9. The number of hydrogen-bond donors (Lipinski definition) is 2. The number of halogens is 2. The van der Waals surface area contributed by atoms with Crippen LogP contribution in [0.25, 0.3) is 11.4 Å². The highest BCUT2D eigenvalue weighted by atomic mass is 35.5. The predicted octanol–water partition coefficient (Wildman–Crippen LogP) is 5.27. The van der Waals surface area contributed by atoms with Gasteiger partial charge in [-0.1, -0.05) is 52.6 Å². The molecule has 0 aliphatic heterocycles. The molecule has 1 heterocycles. The van der Waals surface area contributed by atoms with E-state index in [0.29, 0.717) is 11.3 Å². The number of methoxy groups -OCH3 is 1. The topological polar surface area (TPSA) is 107 Å². The molecule has 0 aliphatic carbocycles. The lowest BCUT2D eigenvalue weighted by Crippen LogP contribution is -2.23. The first kappa shape index (κ1) is 23.4. The van der Waals surface area contributed by atoms with E-state index in [1.807, 2.05) is 24.3 Å². The maximum Gasteiger partial charge on any atom is 0.316 e. The molecule has 4 aromatic rings. The van der Waals surface area contributed by atoms with Crippen molar-refractivity contribution in [1.82, 2.24) is 15.5 Å². The zero-order valence-corrected chi connectivity index (χ0v) is 19.4. The third-order valence-corrected chi connectivity index (χ3v) is 5.37. The van der Waals surface area contributed by atoms with Crippen molar-refractivity contribution in [2.75, 3.05) is 7.11 Å². The molecule has 0 fully saturated rings. The van der Waals surface area contributed by atoms with E-state index in [2.05, 4.69) is 15.5 Å². The highest BCUT2D eigenvalue weighted by Crippen LogP contribution is 2.37. The van der Waals surface area contributed by atoms with Crippen LogP contribution >= 0.6 is 23.2 Å². The number of nitrogens with one attached hydrogen (secondary N) is 1. The number of nitrogens with zero attached hydrogens (tertiary/aromatic N) is 2. The van der Waals surface area contributed by atoms with Crippen LogP contribution in [0, 0.1) is 0 Å². The minimum atomic E-state index is -0.538. The zero-order chi connectivity index (χ0) is 24.1. The molecule has 0 unspecified atom stereocenters. The van der Waals surface area contributed by atoms with Crippen LogP contribution in [-0.4, -0.2) is 28.3 Å². The number of carbonyl (C=O) groups excluding carboxylic acids is 1. The number of rotatable bonds is 8. The van der Waals surface area contributed by atoms with Crippen molar-refractivity contribution in [3.05, 3.63) is 87.7 Å². The van der Waals surface area contributed by atoms with E-state index < -0.39 is 5.91 Å². The van der Waals surface area contributed by atoms with E-state index in [4.69, 9.17) is 37.2 Å². The fourth-order valence-corrected chi connectivity index (χ4v) is 3.61. The van der Waals surface area contributed by atoms with Crippen LogP contribution in [-0.2, 0) is 13.2 Å². The summed E-state index contributed by atoms with van der Waals surface area (Å²) in [6.45, 7) is 0.491. The third-order valence-electron chi connectivity index (χ3n) is 4.81. The van der Waals surface area contributed by atoms with E-state index in [-0.39, 0.29) is 40.7 Å². The fraction of sp³-hybridized carbons (Fsp3) is 0.125. The summed E-state index contributed by atoms with van der Waals surface area (Å²) >= 11 is 12.8. The summed E-state index contributed by atoms with van der Waals surface area (Å²) in [5.41, 5.74) is 2.18. The molecule has 0 saturated carbocycles. The third kappa shape index (κ3) is 5.59. The lowest BCUT2D eigenvalue weighted by molar-refractivity contribution is 0.0907. The molecule has 174 valence electrons. The Morgan fingerprint density at radius 1 is 1.03 bits per heavy atom. The number of aromatic nitrogens is 2. The molecule has 8 nitrogen and oxygen atoms in total. The molecule has 0 radical (unpaired) electrons. The standard InChI is InChI=1S/C24H19Cl2N3O5/c1-32-18-8-4-15(5-9-18)13-33-21-19(25)10-16(11-20(21)26)22-28-24(34-29-22)23(31)27-12-14-2-6-17(30)7-3-14/h2-11,30H,12-13H2,1H3,(H,27,31). The number of hydrogen-bond acceptors (Lipinski definition) is 7. The molecule has 1 aromatic heterocycles. The van der Waals surface area contributed by atoms with Crippen LogP contribution in [0.3, 0.4) is 0 Å². The first-order valence-electron chi connectivity index (χ1n) is 10.1. The summed E-state index contributed by atoms with van der Waals surface area (Å²) < 4.78 is 16.0. The smallest absolute Gasteiger partial charge is 0.316 e. The molecule has 4 rings (SSSR count). The molecule has 0 aliphatic rings. The fourth-order valence-electron chi connectivity index (χ4n) is 3.01. The first-order valence-corrected chi connectivity index (χ1v) is 10.8. The highest BCUT2D eigenvalue weighted by molar-refractivity contribution is 6.37. The number of phenols is 1. The number of amides is 1. The Kier molecular flexibility index (Phi) is 7.20. The van der Waals surface area contributed by atoms with Crippen molar-refractivity contribution in [3.63, 3.8) is 0 Å². The van der Waals surface area contributed by atoms with E-state index in [1.54, 1.807) is 31.4 Å². The van der Waals surface area contributed by atoms with Crippen LogP contribution in [0.1, 0.15) is 21.8 Å². The van der Waals surface area contributed by atoms with Crippen LogP contribution in [0.15, 0.2) is 65.2 Å². The summed E-state index contributed by atoms with van der Waals surface area (Å²) in [6, 6.07) is 17.0. The minimum Gasteiger partial charge on any atom is -0.508 e.